The maximum atomic E-state index is 2.29. The van der Waals surface area contributed by atoms with Crippen molar-refractivity contribution in [2.24, 2.45) is 0 Å². The molecule has 0 aliphatic rings. The van der Waals surface area contributed by atoms with Crippen LogP contribution in [0, 0.1) is 0 Å². The highest BCUT2D eigenvalue weighted by atomic mass is 31.1. The largest absolute Gasteiger partial charge is 0.506 e. The predicted octanol–water partition coefficient (Wildman–Crippen LogP) is 5.17. The van der Waals surface area contributed by atoms with Gasteiger partial charge >= 0.3 is 0 Å². The summed E-state index contributed by atoms with van der Waals surface area (Å²) in [5, 5.41) is 4.43. The van der Waals surface area contributed by atoms with Gasteiger partial charge in [0, 0.05) is 0 Å². The van der Waals surface area contributed by atoms with Gasteiger partial charge in [-0.3, -0.25) is 0 Å². The Morgan fingerprint density at radius 1 is 0.583 bits per heavy atom. The van der Waals surface area contributed by atoms with Crippen LogP contribution in [0.3, 0.4) is 0 Å². The van der Waals surface area contributed by atoms with Crippen molar-refractivity contribution in [3.63, 3.8) is 0 Å². The van der Waals surface area contributed by atoms with Gasteiger partial charge in [0.15, 0.2) is 0 Å². The molecular weight excluding hydrogens is 326 g/mol. The van der Waals surface area contributed by atoms with E-state index in [4.69, 9.17) is 0 Å². The molecule has 0 radical (unpaired) electrons. The molecule has 3 aromatic carbocycles. The van der Waals surface area contributed by atoms with Crippen LogP contribution in [0.1, 0.15) is 12.8 Å². The van der Waals surface area contributed by atoms with Gasteiger partial charge in [0.1, 0.15) is 0 Å². The molecule has 3 aromatic rings. The number of hydrogen-bond donors (Lipinski definition) is 0. The lowest BCUT2D eigenvalue weighted by Crippen LogP contribution is -2.13. The van der Waals surface area contributed by atoms with Crippen LogP contribution in [0.15, 0.2) is 91.0 Å². The molecule has 0 heterocycles. The van der Waals surface area contributed by atoms with Crippen LogP contribution < -0.4 is 15.9 Å². The summed E-state index contributed by atoms with van der Waals surface area (Å²) in [6.45, 7) is 0. The van der Waals surface area contributed by atoms with E-state index in [1.54, 1.807) is 0 Å². The summed E-state index contributed by atoms with van der Waals surface area (Å²) >= 11 is 0. The summed E-state index contributed by atoms with van der Waals surface area (Å²) in [5.41, 5.74) is 0. The van der Waals surface area contributed by atoms with Crippen LogP contribution >= 0.6 is 16.5 Å². The van der Waals surface area contributed by atoms with Crippen LogP contribution in [0.5, 0.6) is 0 Å². The Morgan fingerprint density at radius 2 is 1.08 bits per heavy atom. The van der Waals surface area contributed by atoms with Gasteiger partial charge in [-0.25, -0.2) is 5.30 Å². The van der Waals surface area contributed by atoms with Crippen LogP contribution in [-0.2, 0) is 0 Å². The van der Waals surface area contributed by atoms with Crippen molar-refractivity contribution in [2.45, 2.75) is 12.8 Å². The summed E-state index contributed by atoms with van der Waals surface area (Å²) in [7, 11) is 1.23. The summed E-state index contributed by atoms with van der Waals surface area (Å²) in [4.78, 5) is 0. The van der Waals surface area contributed by atoms with Gasteiger partial charge in [-0.15, -0.1) is 0 Å². The molecule has 0 aliphatic carbocycles. The van der Waals surface area contributed by atoms with Crippen molar-refractivity contribution in [3.8, 4) is 0 Å². The molecule has 0 bridgehead atoms. The maximum Gasteiger partial charge on any atom is -0.0195 e. The molecule has 24 heavy (non-hydrogen) atoms. The van der Waals surface area contributed by atoms with Crippen molar-refractivity contribution >= 4 is 32.4 Å². The molecule has 0 unspecified atom stereocenters. The minimum absolute atomic E-state index is 0.225. The van der Waals surface area contributed by atoms with Gasteiger partial charge in [0.05, 0.1) is 0 Å². The molecule has 0 atom stereocenters. The molecule has 0 saturated carbocycles. The molecular formula is C22H23P2-. The quantitative estimate of drug-likeness (QED) is 0.389. The zero-order chi connectivity index (χ0) is 16.5. The van der Waals surface area contributed by atoms with E-state index >= 15 is 0 Å². The second-order valence-corrected chi connectivity index (χ2v) is 9.36. The zero-order valence-electron chi connectivity index (χ0n) is 13.9. The molecule has 0 aromatic heterocycles. The third-order valence-corrected chi connectivity index (χ3v) is 7.79. The lowest BCUT2D eigenvalue weighted by Gasteiger charge is -2.21. The Kier molecular flexibility index (Phi) is 7.03. The summed E-state index contributed by atoms with van der Waals surface area (Å²) in [6.07, 6.45) is 5.15. The first-order valence-corrected chi connectivity index (χ1v) is 11.1. The standard InChI is InChI=1S/C22H23P2/c1-4-12-20(13-5-1)23-18-10-11-19-24(21-14-6-2-7-15-21)22-16-8-3-9-17-22/h1-9,12-17H,10-11,18-19H2/q-1. The first-order chi connectivity index (χ1) is 11.9. The minimum atomic E-state index is -0.225. The number of unbranched alkanes of at least 4 members (excludes halogenated alkanes) is 1. The zero-order valence-corrected chi connectivity index (χ0v) is 15.7. The van der Waals surface area contributed by atoms with E-state index in [1.165, 1.54) is 49.7 Å². The highest BCUT2D eigenvalue weighted by Gasteiger charge is 2.12. The second-order valence-electron chi connectivity index (χ2n) is 5.75. The Bertz CT molecular complexity index is 656. The van der Waals surface area contributed by atoms with Crippen molar-refractivity contribution in [1.29, 1.82) is 0 Å². The molecule has 122 valence electrons. The first kappa shape index (κ1) is 17.3. The average molecular weight is 349 g/mol. The van der Waals surface area contributed by atoms with E-state index in [9.17, 15) is 0 Å². The van der Waals surface area contributed by atoms with Crippen molar-refractivity contribution in [1.82, 2.24) is 0 Å². The fraction of sp³-hybridized carbons (Fsp3) is 0.182. The molecule has 0 saturated heterocycles. The van der Waals surface area contributed by atoms with Gasteiger partial charge in [0.25, 0.3) is 0 Å². The summed E-state index contributed by atoms with van der Waals surface area (Å²) in [5.74, 6) is 0. The molecule has 0 fully saturated rings. The first-order valence-electron chi connectivity index (χ1n) is 8.54. The third kappa shape index (κ3) is 5.27. The van der Waals surface area contributed by atoms with E-state index in [-0.39, 0.29) is 7.92 Å². The Balaban J connectivity index is 1.55. The average Bonchev–Trinajstić information content (AvgIpc) is 2.67. The maximum absolute atomic E-state index is 2.29. The van der Waals surface area contributed by atoms with Gasteiger partial charge in [-0.05, 0) is 24.7 Å². The Hall–Kier alpha value is -1.48. The lowest BCUT2D eigenvalue weighted by atomic mass is 10.4. The van der Waals surface area contributed by atoms with Gasteiger partial charge in [-0.2, -0.15) is 6.16 Å². The van der Waals surface area contributed by atoms with Crippen molar-refractivity contribution < 1.29 is 0 Å². The van der Waals surface area contributed by atoms with Crippen LogP contribution in [0.4, 0.5) is 0 Å². The van der Waals surface area contributed by atoms with Crippen LogP contribution in [0.25, 0.3) is 0 Å². The molecule has 2 heteroatoms. The second kappa shape index (κ2) is 9.73. The normalized spacial score (nSPS) is 11.4. The van der Waals surface area contributed by atoms with Gasteiger partial charge < -0.3 is 8.58 Å². The van der Waals surface area contributed by atoms with Crippen molar-refractivity contribution in [3.05, 3.63) is 91.0 Å². The molecule has 0 amide bonds. The van der Waals surface area contributed by atoms with E-state index in [0.29, 0.717) is 0 Å². The smallest absolute Gasteiger partial charge is 0.0195 e. The lowest BCUT2D eigenvalue weighted by molar-refractivity contribution is 0.903. The SMILES string of the molecule is c1ccc([P-]CCCCP(c2ccccc2)c2ccccc2)cc1. The summed E-state index contributed by atoms with van der Waals surface area (Å²) < 4.78 is 0. The minimum Gasteiger partial charge on any atom is -0.506 e. The van der Waals surface area contributed by atoms with Gasteiger partial charge in [-0.1, -0.05) is 104 Å². The van der Waals surface area contributed by atoms with E-state index in [0.717, 1.165) is 0 Å². The topological polar surface area (TPSA) is 0 Å². The molecule has 0 N–H and O–H groups in total. The van der Waals surface area contributed by atoms with E-state index in [2.05, 4.69) is 91.0 Å². The molecule has 0 spiro atoms. The third-order valence-electron chi connectivity index (χ3n) is 3.98. The molecule has 0 aliphatic heterocycles. The fourth-order valence-electron chi connectivity index (χ4n) is 2.75. The molecule has 0 nitrogen and oxygen atoms in total. The number of rotatable bonds is 8. The van der Waals surface area contributed by atoms with E-state index < -0.39 is 0 Å². The van der Waals surface area contributed by atoms with Crippen LogP contribution in [0.2, 0.25) is 0 Å². The fourth-order valence-corrected chi connectivity index (χ4v) is 6.19. The Morgan fingerprint density at radius 3 is 1.62 bits per heavy atom. The highest BCUT2D eigenvalue weighted by molar-refractivity contribution is 7.73. The highest BCUT2D eigenvalue weighted by Crippen LogP contribution is 2.34. The number of hydrogen-bond acceptors (Lipinski definition) is 0. The number of benzene rings is 3. The van der Waals surface area contributed by atoms with Gasteiger partial charge in [0.2, 0.25) is 0 Å². The van der Waals surface area contributed by atoms with Crippen LogP contribution in [-0.4, -0.2) is 12.3 Å². The molecule has 3 rings (SSSR count). The van der Waals surface area contributed by atoms with E-state index in [1.807, 2.05) is 0 Å². The summed E-state index contributed by atoms with van der Waals surface area (Å²) in [6, 6.07) is 32.9. The van der Waals surface area contributed by atoms with Crippen molar-refractivity contribution in [2.75, 3.05) is 12.3 Å². The predicted molar refractivity (Wildman–Crippen MR) is 111 cm³/mol. The monoisotopic (exact) mass is 349 g/mol. The Labute approximate surface area is 148 Å².